The number of carbonyl (C=O) groups is 1. The van der Waals surface area contributed by atoms with Gasteiger partial charge in [-0.3, -0.25) is 19.9 Å². The van der Waals surface area contributed by atoms with Crippen molar-refractivity contribution in [3.63, 3.8) is 0 Å². The molecule has 21 heavy (non-hydrogen) atoms. The molecule has 1 amide bonds. The number of hydrogen-bond donors (Lipinski definition) is 0. The number of pyridine rings is 1. The van der Waals surface area contributed by atoms with E-state index in [0.717, 1.165) is 5.56 Å². The summed E-state index contributed by atoms with van der Waals surface area (Å²) in [6, 6.07) is 7.98. The molecule has 0 unspecified atom stereocenters. The highest BCUT2D eigenvalue weighted by atomic mass is 79.9. The van der Waals surface area contributed by atoms with Crippen LogP contribution >= 0.6 is 15.9 Å². The summed E-state index contributed by atoms with van der Waals surface area (Å²) in [6.45, 7) is 0.385. The van der Waals surface area contributed by atoms with Crippen LogP contribution in [0.15, 0.2) is 47.2 Å². The number of hydrogen-bond acceptors (Lipinski definition) is 4. The summed E-state index contributed by atoms with van der Waals surface area (Å²) in [5, 5.41) is 10.9. The predicted molar refractivity (Wildman–Crippen MR) is 80.8 cm³/mol. The Hall–Kier alpha value is -2.28. The van der Waals surface area contributed by atoms with E-state index in [4.69, 9.17) is 0 Å². The van der Waals surface area contributed by atoms with Crippen LogP contribution in [0.3, 0.4) is 0 Å². The molecule has 0 N–H and O–H groups in total. The van der Waals surface area contributed by atoms with E-state index >= 15 is 0 Å². The molecule has 0 radical (unpaired) electrons. The molecule has 0 spiro atoms. The van der Waals surface area contributed by atoms with Gasteiger partial charge in [-0.1, -0.05) is 6.07 Å². The lowest BCUT2D eigenvalue weighted by Crippen LogP contribution is -2.26. The number of nitro groups is 1. The Kier molecular flexibility index (Phi) is 4.64. The molecule has 0 aliphatic heterocycles. The van der Waals surface area contributed by atoms with Crippen molar-refractivity contribution >= 4 is 27.5 Å². The zero-order valence-corrected chi connectivity index (χ0v) is 12.8. The lowest BCUT2D eigenvalue weighted by molar-refractivity contribution is -0.385. The molecule has 0 aliphatic rings. The fourth-order valence-electron chi connectivity index (χ4n) is 1.84. The van der Waals surface area contributed by atoms with Crippen LogP contribution in [0.4, 0.5) is 5.69 Å². The van der Waals surface area contributed by atoms with E-state index in [-0.39, 0.29) is 17.2 Å². The van der Waals surface area contributed by atoms with Gasteiger partial charge in [0.2, 0.25) is 0 Å². The molecule has 2 aromatic rings. The topological polar surface area (TPSA) is 76.3 Å². The SMILES string of the molecule is CN(Cc1cccnc1)C(=O)c1ccc(Br)c([N+](=O)[O-])c1. The maximum absolute atomic E-state index is 12.3. The van der Waals surface area contributed by atoms with Crippen LogP contribution in [0, 0.1) is 10.1 Å². The summed E-state index contributed by atoms with van der Waals surface area (Å²) in [7, 11) is 1.64. The lowest BCUT2D eigenvalue weighted by atomic mass is 10.1. The summed E-state index contributed by atoms with van der Waals surface area (Å²) in [5.41, 5.74) is 1.03. The largest absolute Gasteiger partial charge is 0.337 e. The molecular formula is C14H12BrN3O3. The number of nitro benzene ring substituents is 1. The van der Waals surface area contributed by atoms with Gasteiger partial charge >= 0.3 is 0 Å². The van der Waals surface area contributed by atoms with E-state index in [1.807, 2.05) is 6.07 Å². The highest BCUT2D eigenvalue weighted by molar-refractivity contribution is 9.10. The average molecular weight is 350 g/mol. The fraction of sp³-hybridized carbons (Fsp3) is 0.143. The standard InChI is InChI=1S/C14H12BrN3O3/c1-17(9-10-3-2-6-16-8-10)14(19)11-4-5-12(15)13(7-11)18(20)21/h2-8H,9H2,1H3. The third kappa shape index (κ3) is 3.63. The molecule has 1 heterocycles. The van der Waals surface area contributed by atoms with Gasteiger partial charge in [0.25, 0.3) is 11.6 Å². The molecule has 108 valence electrons. The van der Waals surface area contributed by atoms with Crippen molar-refractivity contribution in [1.82, 2.24) is 9.88 Å². The Balaban J connectivity index is 2.20. The van der Waals surface area contributed by atoms with E-state index in [2.05, 4.69) is 20.9 Å². The van der Waals surface area contributed by atoms with Crippen molar-refractivity contribution in [2.24, 2.45) is 0 Å². The number of aromatic nitrogens is 1. The minimum atomic E-state index is -0.526. The normalized spacial score (nSPS) is 10.2. The second kappa shape index (κ2) is 6.45. The van der Waals surface area contributed by atoms with Crippen LogP contribution in [-0.2, 0) is 6.54 Å². The van der Waals surface area contributed by atoms with Crippen LogP contribution < -0.4 is 0 Å². The van der Waals surface area contributed by atoms with Crippen molar-refractivity contribution < 1.29 is 9.72 Å². The van der Waals surface area contributed by atoms with E-state index in [1.165, 1.54) is 17.0 Å². The molecular weight excluding hydrogens is 338 g/mol. The van der Waals surface area contributed by atoms with Gasteiger partial charge in [0.05, 0.1) is 9.40 Å². The number of carbonyl (C=O) groups excluding carboxylic acids is 1. The van der Waals surface area contributed by atoms with Crippen LogP contribution in [0.25, 0.3) is 0 Å². The first kappa shape index (κ1) is 15.1. The van der Waals surface area contributed by atoms with Gasteiger partial charge in [0, 0.05) is 37.6 Å². The second-order valence-corrected chi connectivity index (χ2v) is 5.30. The number of amides is 1. The molecule has 0 atom stereocenters. The number of rotatable bonds is 4. The molecule has 1 aromatic carbocycles. The van der Waals surface area contributed by atoms with E-state index in [0.29, 0.717) is 11.0 Å². The first-order valence-electron chi connectivity index (χ1n) is 6.07. The molecule has 0 fully saturated rings. The minimum Gasteiger partial charge on any atom is -0.337 e. The van der Waals surface area contributed by atoms with Gasteiger partial charge < -0.3 is 4.90 Å². The van der Waals surface area contributed by atoms with E-state index in [1.54, 1.807) is 31.6 Å². The highest BCUT2D eigenvalue weighted by Gasteiger charge is 2.18. The summed E-state index contributed by atoms with van der Waals surface area (Å²) < 4.78 is 0.346. The van der Waals surface area contributed by atoms with E-state index < -0.39 is 4.92 Å². The number of halogens is 1. The van der Waals surface area contributed by atoms with Gasteiger partial charge in [0.15, 0.2) is 0 Å². The Morgan fingerprint density at radius 3 is 2.81 bits per heavy atom. The van der Waals surface area contributed by atoms with Crippen LogP contribution in [0.2, 0.25) is 0 Å². The van der Waals surface area contributed by atoms with Gasteiger partial charge in [0.1, 0.15) is 0 Å². The predicted octanol–water partition coefficient (Wildman–Crippen LogP) is 3.02. The van der Waals surface area contributed by atoms with Crippen molar-refractivity contribution in [2.75, 3.05) is 7.05 Å². The summed E-state index contributed by atoms with van der Waals surface area (Å²) in [4.78, 5) is 28.2. The zero-order valence-electron chi connectivity index (χ0n) is 11.2. The summed E-state index contributed by atoms with van der Waals surface area (Å²) >= 11 is 3.10. The van der Waals surface area contributed by atoms with Crippen molar-refractivity contribution in [1.29, 1.82) is 0 Å². The summed E-state index contributed by atoms with van der Waals surface area (Å²) in [6.07, 6.45) is 3.33. The Labute approximate surface area is 129 Å². The monoisotopic (exact) mass is 349 g/mol. The molecule has 0 saturated heterocycles. The van der Waals surface area contributed by atoms with Crippen LogP contribution in [0.1, 0.15) is 15.9 Å². The van der Waals surface area contributed by atoms with Gasteiger partial charge in [-0.2, -0.15) is 0 Å². The number of nitrogens with zero attached hydrogens (tertiary/aromatic N) is 3. The van der Waals surface area contributed by atoms with Crippen LogP contribution in [-0.4, -0.2) is 27.8 Å². The third-order valence-electron chi connectivity index (χ3n) is 2.88. The third-order valence-corrected chi connectivity index (χ3v) is 3.55. The highest BCUT2D eigenvalue weighted by Crippen LogP contribution is 2.26. The molecule has 7 heteroatoms. The zero-order chi connectivity index (χ0) is 15.4. The van der Waals surface area contributed by atoms with Gasteiger partial charge in [-0.05, 0) is 39.7 Å². The second-order valence-electron chi connectivity index (χ2n) is 4.45. The molecule has 0 aliphatic carbocycles. The Morgan fingerprint density at radius 1 is 1.43 bits per heavy atom. The van der Waals surface area contributed by atoms with Crippen molar-refractivity contribution in [3.05, 3.63) is 68.4 Å². The van der Waals surface area contributed by atoms with Crippen molar-refractivity contribution in [2.45, 2.75) is 6.54 Å². The smallest absolute Gasteiger partial charge is 0.284 e. The first-order valence-corrected chi connectivity index (χ1v) is 6.86. The average Bonchev–Trinajstić information content (AvgIpc) is 2.47. The first-order chi connectivity index (χ1) is 9.99. The Morgan fingerprint density at radius 2 is 2.19 bits per heavy atom. The molecule has 0 bridgehead atoms. The van der Waals surface area contributed by atoms with E-state index in [9.17, 15) is 14.9 Å². The molecule has 6 nitrogen and oxygen atoms in total. The summed E-state index contributed by atoms with van der Waals surface area (Å²) in [5.74, 6) is -0.283. The Bertz CT molecular complexity index is 676. The molecule has 1 aromatic heterocycles. The molecule has 2 rings (SSSR count). The van der Waals surface area contributed by atoms with Gasteiger partial charge in [-0.15, -0.1) is 0 Å². The quantitative estimate of drug-likeness (QED) is 0.627. The minimum absolute atomic E-state index is 0.129. The lowest BCUT2D eigenvalue weighted by Gasteiger charge is -2.17. The maximum Gasteiger partial charge on any atom is 0.284 e. The van der Waals surface area contributed by atoms with Gasteiger partial charge in [-0.25, -0.2) is 0 Å². The maximum atomic E-state index is 12.3. The van der Waals surface area contributed by atoms with Crippen LogP contribution in [0.5, 0.6) is 0 Å². The number of benzene rings is 1. The molecule has 0 saturated carbocycles. The fourth-order valence-corrected chi connectivity index (χ4v) is 2.23. The van der Waals surface area contributed by atoms with Crippen molar-refractivity contribution in [3.8, 4) is 0 Å².